The van der Waals surface area contributed by atoms with Crippen LogP contribution < -0.4 is 5.73 Å². The summed E-state index contributed by atoms with van der Waals surface area (Å²) in [6.07, 6.45) is 1.95. The Balaban J connectivity index is 1.80. The van der Waals surface area contributed by atoms with Crippen molar-refractivity contribution in [1.82, 2.24) is 14.7 Å². The van der Waals surface area contributed by atoms with E-state index >= 15 is 0 Å². The van der Waals surface area contributed by atoms with E-state index in [1.54, 1.807) is 0 Å². The van der Waals surface area contributed by atoms with E-state index in [4.69, 9.17) is 5.73 Å². The normalized spacial score (nSPS) is 31.4. The summed E-state index contributed by atoms with van der Waals surface area (Å²) in [5.74, 6) is 0.967. The van der Waals surface area contributed by atoms with E-state index in [1.807, 2.05) is 4.90 Å². The van der Waals surface area contributed by atoms with E-state index < -0.39 is 0 Å². The third kappa shape index (κ3) is 3.32. The molecule has 0 aromatic carbocycles. The third-order valence-electron chi connectivity index (χ3n) is 4.85. The molecule has 116 valence electrons. The van der Waals surface area contributed by atoms with Gasteiger partial charge in [-0.05, 0) is 32.9 Å². The van der Waals surface area contributed by atoms with Crippen molar-refractivity contribution >= 4 is 5.91 Å². The second-order valence-electron chi connectivity index (χ2n) is 6.93. The van der Waals surface area contributed by atoms with Gasteiger partial charge in [-0.1, -0.05) is 6.92 Å². The van der Waals surface area contributed by atoms with Crippen LogP contribution in [-0.2, 0) is 4.79 Å². The predicted molar refractivity (Wildman–Crippen MR) is 81.5 cm³/mol. The summed E-state index contributed by atoms with van der Waals surface area (Å²) in [5, 5.41) is 0. The largest absolute Gasteiger partial charge is 0.340 e. The monoisotopic (exact) mass is 282 g/mol. The van der Waals surface area contributed by atoms with Gasteiger partial charge in [0.25, 0.3) is 0 Å². The highest BCUT2D eigenvalue weighted by Gasteiger charge is 2.49. The lowest BCUT2D eigenvalue weighted by Gasteiger charge is -2.48. The van der Waals surface area contributed by atoms with E-state index in [2.05, 4.69) is 30.8 Å². The van der Waals surface area contributed by atoms with Crippen molar-refractivity contribution in [2.24, 2.45) is 17.1 Å². The molecule has 0 aromatic rings. The van der Waals surface area contributed by atoms with Crippen molar-refractivity contribution in [3.8, 4) is 0 Å². The van der Waals surface area contributed by atoms with Gasteiger partial charge in [-0.15, -0.1) is 0 Å². The first kappa shape index (κ1) is 15.7. The van der Waals surface area contributed by atoms with Crippen LogP contribution in [0, 0.1) is 11.3 Å². The average Bonchev–Trinajstić information content (AvgIpc) is 2.41. The second-order valence-corrected chi connectivity index (χ2v) is 6.93. The molecule has 0 bridgehead atoms. The zero-order valence-corrected chi connectivity index (χ0v) is 13.3. The summed E-state index contributed by atoms with van der Waals surface area (Å²) in [6.45, 7) is 8.61. The van der Waals surface area contributed by atoms with Gasteiger partial charge in [-0.3, -0.25) is 9.69 Å². The number of amides is 1. The van der Waals surface area contributed by atoms with E-state index in [0.717, 1.165) is 52.1 Å². The zero-order valence-electron chi connectivity index (χ0n) is 13.3. The molecule has 2 N–H and O–H groups in total. The van der Waals surface area contributed by atoms with Crippen molar-refractivity contribution in [3.63, 3.8) is 0 Å². The van der Waals surface area contributed by atoms with Crippen LogP contribution in [0.3, 0.4) is 0 Å². The molecule has 1 saturated carbocycles. The highest BCUT2D eigenvalue weighted by Crippen LogP contribution is 2.46. The molecule has 1 amide bonds. The van der Waals surface area contributed by atoms with Gasteiger partial charge in [0, 0.05) is 45.8 Å². The molecule has 1 heterocycles. The van der Waals surface area contributed by atoms with Crippen LogP contribution in [0.4, 0.5) is 0 Å². The lowest BCUT2D eigenvalue weighted by atomic mass is 9.62. The quantitative estimate of drug-likeness (QED) is 0.775. The SMILES string of the molecule is CC1CC(CN)(C(=O)N2CCN(CCN(C)C)CC2)C1. The van der Waals surface area contributed by atoms with E-state index in [9.17, 15) is 4.79 Å². The maximum absolute atomic E-state index is 12.7. The minimum absolute atomic E-state index is 0.231. The number of piperazine rings is 1. The summed E-state index contributed by atoms with van der Waals surface area (Å²) in [5.41, 5.74) is 5.65. The maximum atomic E-state index is 12.7. The Morgan fingerprint density at radius 1 is 1.25 bits per heavy atom. The van der Waals surface area contributed by atoms with Crippen LogP contribution >= 0.6 is 0 Å². The molecule has 1 aliphatic carbocycles. The molecule has 0 aromatic heterocycles. The van der Waals surface area contributed by atoms with Gasteiger partial charge < -0.3 is 15.5 Å². The fourth-order valence-corrected chi connectivity index (χ4v) is 3.55. The summed E-state index contributed by atoms with van der Waals surface area (Å²) in [6, 6.07) is 0. The molecule has 5 heteroatoms. The summed E-state index contributed by atoms with van der Waals surface area (Å²) in [7, 11) is 4.20. The van der Waals surface area contributed by atoms with Crippen molar-refractivity contribution in [2.75, 3.05) is 59.9 Å². The summed E-state index contributed by atoms with van der Waals surface area (Å²) in [4.78, 5) is 19.4. The minimum atomic E-state index is -0.231. The first-order valence-electron chi connectivity index (χ1n) is 7.83. The molecular formula is C15H30N4O. The molecule has 0 atom stereocenters. The van der Waals surface area contributed by atoms with Gasteiger partial charge in [0.2, 0.25) is 5.91 Å². The number of nitrogens with zero attached hydrogens (tertiary/aromatic N) is 3. The molecule has 0 spiro atoms. The van der Waals surface area contributed by atoms with Crippen LogP contribution in [0.1, 0.15) is 19.8 Å². The molecule has 1 aliphatic heterocycles. The van der Waals surface area contributed by atoms with Crippen LogP contribution in [-0.4, -0.2) is 80.5 Å². The number of carbonyl (C=O) groups is 1. The van der Waals surface area contributed by atoms with Crippen molar-refractivity contribution < 1.29 is 4.79 Å². The number of hydrogen-bond donors (Lipinski definition) is 1. The van der Waals surface area contributed by atoms with Crippen LogP contribution in [0.2, 0.25) is 0 Å². The average molecular weight is 282 g/mol. The highest BCUT2D eigenvalue weighted by molar-refractivity contribution is 5.84. The van der Waals surface area contributed by atoms with E-state index in [0.29, 0.717) is 18.4 Å². The zero-order chi connectivity index (χ0) is 14.8. The van der Waals surface area contributed by atoms with Gasteiger partial charge in [-0.2, -0.15) is 0 Å². The van der Waals surface area contributed by atoms with Crippen molar-refractivity contribution in [2.45, 2.75) is 19.8 Å². The number of nitrogens with two attached hydrogens (primary N) is 1. The number of carbonyl (C=O) groups excluding carboxylic acids is 1. The molecular weight excluding hydrogens is 252 g/mol. The number of rotatable bonds is 5. The second kappa shape index (κ2) is 6.41. The Bertz CT molecular complexity index is 331. The fourth-order valence-electron chi connectivity index (χ4n) is 3.55. The Morgan fingerprint density at radius 3 is 2.30 bits per heavy atom. The third-order valence-corrected chi connectivity index (χ3v) is 4.85. The van der Waals surface area contributed by atoms with Gasteiger partial charge in [0.15, 0.2) is 0 Å². The smallest absolute Gasteiger partial charge is 0.230 e. The molecule has 2 aliphatic rings. The van der Waals surface area contributed by atoms with E-state index in [1.165, 1.54) is 0 Å². The molecule has 2 fully saturated rings. The Hall–Kier alpha value is -0.650. The Labute approximate surface area is 123 Å². The minimum Gasteiger partial charge on any atom is -0.340 e. The number of likely N-dealkylation sites (N-methyl/N-ethyl adjacent to an activating group) is 1. The van der Waals surface area contributed by atoms with Crippen LogP contribution in [0.15, 0.2) is 0 Å². The van der Waals surface area contributed by atoms with Gasteiger partial charge in [0.1, 0.15) is 0 Å². The van der Waals surface area contributed by atoms with E-state index in [-0.39, 0.29) is 5.41 Å². The first-order chi connectivity index (χ1) is 9.47. The topological polar surface area (TPSA) is 52.8 Å². The lowest BCUT2D eigenvalue weighted by Crippen LogP contribution is -2.58. The molecule has 20 heavy (non-hydrogen) atoms. The Morgan fingerprint density at radius 2 is 1.85 bits per heavy atom. The van der Waals surface area contributed by atoms with Crippen LogP contribution in [0.25, 0.3) is 0 Å². The predicted octanol–water partition coefficient (Wildman–Crippen LogP) is 0.0672. The molecule has 1 saturated heterocycles. The lowest BCUT2D eigenvalue weighted by molar-refractivity contribution is -0.151. The fraction of sp³-hybridized carbons (Fsp3) is 0.933. The summed E-state index contributed by atoms with van der Waals surface area (Å²) < 4.78 is 0. The van der Waals surface area contributed by atoms with Gasteiger partial charge in [0.05, 0.1) is 5.41 Å². The number of hydrogen-bond acceptors (Lipinski definition) is 4. The summed E-state index contributed by atoms with van der Waals surface area (Å²) >= 11 is 0. The van der Waals surface area contributed by atoms with Gasteiger partial charge in [-0.25, -0.2) is 0 Å². The van der Waals surface area contributed by atoms with Gasteiger partial charge >= 0.3 is 0 Å². The molecule has 2 rings (SSSR count). The van der Waals surface area contributed by atoms with Crippen molar-refractivity contribution in [3.05, 3.63) is 0 Å². The highest BCUT2D eigenvalue weighted by atomic mass is 16.2. The van der Waals surface area contributed by atoms with Crippen molar-refractivity contribution in [1.29, 1.82) is 0 Å². The maximum Gasteiger partial charge on any atom is 0.230 e. The molecule has 0 unspecified atom stereocenters. The Kier molecular flexibility index (Phi) is 5.04. The standard InChI is InChI=1S/C15H30N4O/c1-13-10-15(11-13,12-16)14(20)19-8-6-18(7-9-19)5-4-17(2)3/h13H,4-12,16H2,1-3H3. The molecule has 0 radical (unpaired) electrons. The first-order valence-corrected chi connectivity index (χ1v) is 7.83. The van der Waals surface area contributed by atoms with Crippen LogP contribution in [0.5, 0.6) is 0 Å². The molecule has 5 nitrogen and oxygen atoms in total.